The van der Waals surface area contributed by atoms with E-state index in [1.165, 1.54) is 22.7 Å². The minimum Gasteiger partial charge on any atom is -0.321 e. The van der Waals surface area contributed by atoms with Gasteiger partial charge in [0.05, 0.1) is 9.90 Å². The van der Waals surface area contributed by atoms with Crippen LogP contribution in [-0.4, -0.2) is 11.8 Å². The Bertz CT molecular complexity index is 1140. The molecule has 4 nitrogen and oxygen atoms in total. The molecule has 27 heavy (non-hydrogen) atoms. The molecule has 0 radical (unpaired) electrons. The van der Waals surface area contributed by atoms with Gasteiger partial charge in [-0.05, 0) is 35.7 Å². The molecule has 134 valence electrons. The van der Waals surface area contributed by atoms with E-state index in [9.17, 15) is 9.59 Å². The van der Waals surface area contributed by atoms with E-state index >= 15 is 0 Å². The molecule has 0 bridgehead atoms. The summed E-state index contributed by atoms with van der Waals surface area (Å²) in [5, 5.41) is 8.84. The van der Waals surface area contributed by atoms with Crippen molar-refractivity contribution in [3.63, 3.8) is 0 Å². The summed E-state index contributed by atoms with van der Waals surface area (Å²) in [7, 11) is 0. The molecule has 0 atom stereocenters. The number of amides is 2. The average Bonchev–Trinajstić information content (AvgIpc) is 3.31. The van der Waals surface area contributed by atoms with E-state index in [1.807, 2.05) is 35.7 Å². The molecule has 0 saturated heterocycles. The first-order chi connectivity index (χ1) is 13.1. The Labute approximate surface area is 168 Å². The Morgan fingerprint density at radius 2 is 1.59 bits per heavy atom. The number of anilines is 2. The Kier molecular flexibility index (Phi) is 4.94. The number of halogens is 1. The molecular formula is C20H13ClN2O2S2. The summed E-state index contributed by atoms with van der Waals surface area (Å²) in [4.78, 5) is 25.9. The maximum atomic E-state index is 12.7. The molecule has 0 saturated carbocycles. The smallest absolute Gasteiger partial charge is 0.267 e. The van der Waals surface area contributed by atoms with Crippen LogP contribution >= 0.6 is 34.3 Å². The Morgan fingerprint density at radius 3 is 2.30 bits per heavy atom. The lowest BCUT2D eigenvalue weighted by Crippen LogP contribution is -2.12. The maximum Gasteiger partial charge on any atom is 0.267 e. The van der Waals surface area contributed by atoms with Crippen molar-refractivity contribution in [3.8, 4) is 0 Å². The standard InChI is InChI=1S/C20H13ClN2O2S2/c21-17-14-7-1-2-8-15(14)27-18(17)20(25)23-13-6-3-5-12(11-13)22-19(24)16-9-4-10-26-16/h1-11H,(H,22,24)(H,23,25). The van der Waals surface area contributed by atoms with Gasteiger partial charge in [0, 0.05) is 21.5 Å². The molecule has 4 rings (SSSR count). The first-order valence-electron chi connectivity index (χ1n) is 8.05. The van der Waals surface area contributed by atoms with Gasteiger partial charge in [-0.3, -0.25) is 9.59 Å². The SMILES string of the molecule is O=C(Nc1cccc(NC(=O)c2sc3ccccc3c2Cl)c1)c1cccs1. The van der Waals surface area contributed by atoms with Gasteiger partial charge in [0.25, 0.3) is 11.8 Å². The minimum absolute atomic E-state index is 0.180. The molecule has 0 fully saturated rings. The van der Waals surface area contributed by atoms with E-state index in [0.29, 0.717) is 26.2 Å². The number of carbonyl (C=O) groups excluding carboxylic acids is 2. The number of nitrogens with one attached hydrogen (secondary N) is 2. The van der Waals surface area contributed by atoms with E-state index in [2.05, 4.69) is 10.6 Å². The fourth-order valence-electron chi connectivity index (χ4n) is 2.62. The molecule has 0 unspecified atom stereocenters. The number of hydrogen-bond acceptors (Lipinski definition) is 4. The van der Waals surface area contributed by atoms with Crippen LogP contribution in [0.2, 0.25) is 5.02 Å². The van der Waals surface area contributed by atoms with Gasteiger partial charge in [-0.2, -0.15) is 0 Å². The van der Waals surface area contributed by atoms with Crippen molar-refractivity contribution >= 4 is 67.5 Å². The topological polar surface area (TPSA) is 58.2 Å². The predicted octanol–water partition coefficient (Wildman–Crippen LogP) is 6.12. The van der Waals surface area contributed by atoms with E-state index in [-0.39, 0.29) is 11.8 Å². The average molecular weight is 413 g/mol. The minimum atomic E-state index is -0.275. The van der Waals surface area contributed by atoms with Crippen LogP contribution in [-0.2, 0) is 0 Å². The normalized spacial score (nSPS) is 10.7. The number of hydrogen-bond donors (Lipinski definition) is 2. The van der Waals surface area contributed by atoms with Gasteiger partial charge in [0.15, 0.2) is 0 Å². The van der Waals surface area contributed by atoms with Gasteiger partial charge >= 0.3 is 0 Å². The second-order valence-electron chi connectivity index (χ2n) is 5.71. The summed E-state index contributed by atoms with van der Waals surface area (Å²) in [5.41, 5.74) is 1.19. The molecule has 0 aliphatic carbocycles. The van der Waals surface area contributed by atoms with Gasteiger partial charge in [-0.25, -0.2) is 0 Å². The fourth-order valence-corrected chi connectivity index (χ4v) is 4.65. The number of rotatable bonds is 4. The van der Waals surface area contributed by atoms with Crippen molar-refractivity contribution in [2.75, 3.05) is 10.6 Å². The molecule has 4 aromatic rings. The van der Waals surface area contributed by atoms with Gasteiger partial charge in [0.1, 0.15) is 4.88 Å². The van der Waals surface area contributed by atoms with Crippen LogP contribution in [0.4, 0.5) is 11.4 Å². The van der Waals surface area contributed by atoms with Crippen LogP contribution in [0, 0.1) is 0 Å². The van der Waals surface area contributed by atoms with Crippen LogP contribution < -0.4 is 10.6 Å². The molecule has 2 N–H and O–H groups in total. The second-order valence-corrected chi connectivity index (χ2v) is 8.09. The van der Waals surface area contributed by atoms with Crippen molar-refractivity contribution < 1.29 is 9.59 Å². The molecule has 0 aliphatic heterocycles. The Hall–Kier alpha value is -2.67. The fraction of sp³-hybridized carbons (Fsp3) is 0. The monoisotopic (exact) mass is 412 g/mol. The summed E-state index contributed by atoms with van der Waals surface area (Å²) in [6.45, 7) is 0. The summed E-state index contributed by atoms with van der Waals surface area (Å²) in [5.74, 6) is -0.455. The van der Waals surface area contributed by atoms with E-state index < -0.39 is 0 Å². The van der Waals surface area contributed by atoms with Crippen LogP contribution in [0.3, 0.4) is 0 Å². The summed E-state index contributed by atoms with van der Waals surface area (Å²) < 4.78 is 0.963. The number of benzene rings is 2. The quantitative estimate of drug-likeness (QED) is 0.424. The summed E-state index contributed by atoms with van der Waals surface area (Å²) >= 11 is 9.09. The number of carbonyl (C=O) groups is 2. The number of fused-ring (bicyclic) bond motifs is 1. The van der Waals surface area contributed by atoms with Crippen molar-refractivity contribution in [1.82, 2.24) is 0 Å². The lowest BCUT2D eigenvalue weighted by atomic mass is 10.2. The molecule has 2 aromatic heterocycles. The highest BCUT2D eigenvalue weighted by Crippen LogP contribution is 2.35. The van der Waals surface area contributed by atoms with E-state index in [0.717, 1.165) is 10.1 Å². The highest BCUT2D eigenvalue weighted by molar-refractivity contribution is 7.21. The van der Waals surface area contributed by atoms with Crippen LogP contribution in [0.25, 0.3) is 10.1 Å². The van der Waals surface area contributed by atoms with Gasteiger partial charge in [0.2, 0.25) is 0 Å². The second kappa shape index (κ2) is 7.52. The van der Waals surface area contributed by atoms with Gasteiger partial charge in [-0.1, -0.05) is 41.9 Å². The molecule has 2 heterocycles. The summed E-state index contributed by atoms with van der Waals surface area (Å²) in [6, 6.07) is 18.2. The van der Waals surface area contributed by atoms with Crippen molar-refractivity contribution in [1.29, 1.82) is 0 Å². The van der Waals surface area contributed by atoms with E-state index in [1.54, 1.807) is 30.3 Å². The first-order valence-corrected chi connectivity index (χ1v) is 10.1. The highest BCUT2D eigenvalue weighted by Gasteiger charge is 2.17. The molecule has 0 aliphatic rings. The van der Waals surface area contributed by atoms with Crippen LogP contribution in [0.5, 0.6) is 0 Å². The lowest BCUT2D eigenvalue weighted by molar-refractivity contribution is 0.102. The van der Waals surface area contributed by atoms with Crippen molar-refractivity contribution in [2.24, 2.45) is 0 Å². The molecule has 2 amide bonds. The third-order valence-corrected chi connectivity index (χ3v) is 6.41. The molecular weight excluding hydrogens is 400 g/mol. The molecule has 0 spiro atoms. The van der Waals surface area contributed by atoms with Crippen LogP contribution in [0.15, 0.2) is 66.0 Å². The lowest BCUT2D eigenvalue weighted by Gasteiger charge is -2.08. The highest BCUT2D eigenvalue weighted by atomic mass is 35.5. The van der Waals surface area contributed by atoms with Crippen LogP contribution in [0.1, 0.15) is 19.3 Å². The first kappa shape index (κ1) is 17.7. The molecule has 2 aromatic carbocycles. The van der Waals surface area contributed by atoms with Gasteiger partial charge < -0.3 is 10.6 Å². The van der Waals surface area contributed by atoms with Crippen molar-refractivity contribution in [3.05, 3.63) is 80.8 Å². The van der Waals surface area contributed by atoms with E-state index in [4.69, 9.17) is 11.6 Å². The van der Waals surface area contributed by atoms with Crippen molar-refractivity contribution in [2.45, 2.75) is 0 Å². The molecule has 7 heteroatoms. The third kappa shape index (κ3) is 3.73. The number of thiophene rings is 2. The maximum absolute atomic E-state index is 12.7. The summed E-state index contributed by atoms with van der Waals surface area (Å²) in [6.07, 6.45) is 0. The zero-order valence-electron chi connectivity index (χ0n) is 13.9. The zero-order valence-corrected chi connectivity index (χ0v) is 16.3. The third-order valence-electron chi connectivity index (χ3n) is 3.86. The Balaban J connectivity index is 1.53. The largest absolute Gasteiger partial charge is 0.321 e. The zero-order chi connectivity index (χ0) is 18.8. The predicted molar refractivity (Wildman–Crippen MR) is 114 cm³/mol. The Morgan fingerprint density at radius 1 is 0.852 bits per heavy atom. The van der Waals surface area contributed by atoms with Gasteiger partial charge in [-0.15, -0.1) is 22.7 Å².